The third-order valence-electron chi connectivity index (χ3n) is 3.99. The van der Waals surface area contributed by atoms with E-state index in [-0.39, 0.29) is 5.91 Å². The maximum Gasteiger partial charge on any atom is 0.242 e. The van der Waals surface area contributed by atoms with E-state index in [1.807, 2.05) is 4.90 Å². The number of hydrogen-bond acceptors (Lipinski definition) is 2. The first-order chi connectivity index (χ1) is 7.13. The smallest absolute Gasteiger partial charge is 0.242 e. The maximum absolute atomic E-state index is 12.3. The van der Waals surface area contributed by atoms with Gasteiger partial charge in [-0.1, -0.05) is 12.8 Å². The molecule has 0 radical (unpaired) electrons. The normalized spacial score (nSPS) is 30.5. The molecular weight excluding hydrogens is 188 g/mol. The SMILES string of the molecule is CC1CCCCN1C(=O)C1(N)CCCC1. The highest BCUT2D eigenvalue weighted by Gasteiger charge is 2.41. The minimum Gasteiger partial charge on any atom is -0.338 e. The van der Waals surface area contributed by atoms with E-state index in [4.69, 9.17) is 5.73 Å². The molecule has 3 nitrogen and oxygen atoms in total. The number of rotatable bonds is 1. The van der Waals surface area contributed by atoms with Gasteiger partial charge in [0.2, 0.25) is 5.91 Å². The molecule has 0 aromatic carbocycles. The summed E-state index contributed by atoms with van der Waals surface area (Å²) in [5.74, 6) is 0.215. The molecule has 1 atom stereocenters. The van der Waals surface area contributed by atoms with E-state index in [2.05, 4.69) is 6.92 Å². The number of nitrogens with zero attached hydrogens (tertiary/aromatic N) is 1. The zero-order valence-electron chi connectivity index (χ0n) is 9.67. The molecule has 0 bridgehead atoms. The Balaban J connectivity index is 2.05. The molecule has 0 aromatic rings. The van der Waals surface area contributed by atoms with Gasteiger partial charge in [-0.15, -0.1) is 0 Å². The first-order valence-corrected chi connectivity index (χ1v) is 6.23. The van der Waals surface area contributed by atoms with Crippen LogP contribution in [0.3, 0.4) is 0 Å². The van der Waals surface area contributed by atoms with Gasteiger partial charge >= 0.3 is 0 Å². The van der Waals surface area contributed by atoms with Crippen molar-refractivity contribution in [2.24, 2.45) is 5.73 Å². The van der Waals surface area contributed by atoms with Gasteiger partial charge in [-0.2, -0.15) is 0 Å². The average Bonchev–Trinajstić information content (AvgIpc) is 2.66. The molecule has 0 spiro atoms. The van der Waals surface area contributed by atoms with Gasteiger partial charge in [-0.25, -0.2) is 0 Å². The second-order valence-electron chi connectivity index (χ2n) is 5.21. The van der Waals surface area contributed by atoms with Gasteiger partial charge in [-0.3, -0.25) is 4.79 Å². The monoisotopic (exact) mass is 210 g/mol. The Bertz CT molecular complexity index is 246. The van der Waals surface area contributed by atoms with Crippen molar-refractivity contribution in [3.8, 4) is 0 Å². The largest absolute Gasteiger partial charge is 0.338 e. The summed E-state index contributed by atoms with van der Waals surface area (Å²) in [4.78, 5) is 14.4. The summed E-state index contributed by atoms with van der Waals surface area (Å²) in [6, 6.07) is 0.396. The summed E-state index contributed by atoms with van der Waals surface area (Å²) in [6.07, 6.45) is 7.54. The molecule has 3 heteroatoms. The van der Waals surface area contributed by atoms with E-state index in [0.29, 0.717) is 6.04 Å². The van der Waals surface area contributed by atoms with Crippen LogP contribution in [0.1, 0.15) is 51.9 Å². The average molecular weight is 210 g/mol. The van der Waals surface area contributed by atoms with Crippen LogP contribution in [0, 0.1) is 0 Å². The fourth-order valence-electron chi connectivity index (χ4n) is 2.91. The highest BCUT2D eigenvalue weighted by Crippen LogP contribution is 2.31. The molecule has 1 aliphatic heterocycles. The lowest BCUT2D eigenvalue weighted by atomic mass is 9.94. The molecule has 2 N–H and O–H groups in total. The molecule has 1 saturated heterocycles. The highest BCUT2D eigenvalue weighted by molar-refractivity contribution is 5.86. The summed E-state index contributed by atoms with van der Waals surface area (Å²) in [5.41, 5.74) is 5.68. The molecule has 1 heterocycles. The van der Waals surface area contributed by atoms with Crippen molar-refractivity contribution in [2.75, 3.05) is 6.54 Å². The minimum atomic E-state index is -0.522. The Kier molecular flexibility index (Phi) is 3.01. The third kappa shape index (κ3) is 2.03. The van der Waals surface area contributed by atoms with Gasteiger partial charge in [-0.05, 0) is 39.0 Å². The fraction of sp³-hybridized carbons (Fsp3) is 0.917. The van der Waals surface area contributed by atoms with E-state index in [1.165, 1.54) is 6.42 Å². The third-order valence-corrected chi connectivity index (χ3v) is 3.99. The van der Waals surface area contributed by atoms with E-state index in [9.17, 15) is 4.79 Å². The van der Waals surface area contributed by atoms with Crippen LogP contribution in [0.5, 0.6) is 0 Å². The van der Waals surface area contributed by atoms with Gasteiger partial charge < -0.3 is 10.6 Å². The number of piperidine rings is 1. The van der Waals surface area contributed by atoms with Gasteiger partial charge in [0.1, 0.15) is 0 Å². The number of carbonyl (C=O) groups is 1. The van der Waals surface area contributed by atoms with Crippen LogP contribution in [0.2, 0.25) is 0 Å². The highest BCUT2D eigenvalue weighted by atomic mass is 16.2. The molecule has 0 aromatic heterocycles. The van der Waals surface area contributed by atoms with Crippen molar-refractivity contribution < 1.29 is 4.79 Å². The second-order valence-corrected chi connectivity index (χ2v) is 5.21. The Hall–Kier alpha value is -0.570. The first kappa shape index (κ1) is 10.9. The first-order valence-electron chi connectivity index (χ1n) is 6.23. The van der Waals surface area contributed by atoms with Gasteiger partial charge in [0.25, 0.3) is 0 Å². The molecular formula is C12H22N2O. The van der Waals surface area contributed by atoms with Crippen LogP contribution in [0.25, 0.3) is 0 Å². The molecule has 2 fully saturated rings. The second kappa shape index (κ2) is 4.12. The van der Waals surface area contributed by atoms with Crippen LogP contribution < -0.4 is 5.73 Å². The Morgan fingerprint density at radius 2 is 1.93 bits per heavy atom. The molecule has 2 rings (SSSR count). The summed E-state index contributed by atoms with van der Waals surface area (Å²) in [7, 11) is 0. The summed E-state index contributed by atoms with van der Waals surface area (Å²) in [5, 5.41) is 0. The minimum absolute atomic E-state index is 0.215. The molecule has 1 aliphatic carbocycles. The molecule has 86 valence electrons. The number of likely N-dealkylation sites (tertiary alicyclic amines) is 1. The standard InChI is InChI=1S/C12H22N2O/c1-10-6-2-5-9-14(10)11(15)12(13)7-3-4-8-12/h10H,2-9,13H2,1H3. The number of amides is 1. The Morgan fingerprint density at radius 3 is 2.53 bits per heavy atom. The summed E-state index contributed by atoms with van der Waals surface area (Å²) < 4.78 is 0. The lowest BCUT2D eigenvalue weighted by molar-refractivity contribution is -0.140. The van der Waals surface area contributed by atoms with E-state index in [1.54, 1.807) is 0 Å². The maximum atomic E-state index is 12.3. The number of hydrogen-bond donors (Lipinski definition) is 1. The van der Waals surface area contributed by atoms with E-state index in [0.717, 1.165) is 45.1 Å². The van der Waals surface area contributed by atoms with Crippen molar-refractivity contribution in [2.45, 2.75) is 63.5 Å². The Labute approximate surface area is 92.0 Å². The van der Waals surface area contributed by atoms with Gasteiger partial charge in [0, 0.05) is 12.6 Å². The molecule has 2 aliphatic rings. The van der Waals surface area contributed by atoms with Crippen LogP contribution >= 0.6 is 0 Å². The van der Waals surface area contributed by atoms with Crippen molar-refractivity contribution in [1.82, 2.24) is 4.90 Å². The molecule has 1 saturated carbocycles. The van der Waals surface area contributed by atoms with Crippen LogP contribution in [0.15, 0.2) is 0 Å². The quantitative estimate of drug-likeness (QED) is 0.715. The van der Waals surface area contributed by atoms with Crippen LogP contribution in [-0.4, -0.2) is 28.9 Å². The molecule has 1 amide bonds. The van der Waals surface area contributed by atoms with Crippen LogP contribution in [-0.2, 0) is 4.79 Å². The number of carbonyl (C=O) groups excluding carboxylic acids is 1. The van der Waals surface area contributed by atoms with Crippen molar-refractivity contribution in [3.63, 3.8) is 0 Å². The summed E-state index contributed by atoms with van der Waals surface area (Å²) >= 11 is 0. The predicted molar refractivity (Wildman–Crippen MR) is 60.4 cm³/mol. The zero-order valence-corrected chi connectivity index (χ0v) is 9.67. The predicted octanol–water partition coefficient (Wildman–Crippen LogP) is 1.66. The van der Waals surface area contributed by atoms with Crippen molar-refractivity contribution in [3.05, 3.63) is 0 Å². The van der Waals surface area contributed by atoms with Gasteiger partial charge in [0.15, 0.2) is 0 Å². The van der Waals surface area contributed by atoms with Crippen LogP contribution in [0.4, 0.5) is 0 Å². The van der Waals surface area contributed by atoms with Crippen molar-refractivity contribution >= 4 is 5.91 Å². The molecule has 15 heavy (non-hydrogen) atoms. The fourth-order valence-corrected chi connectivity index (χ4v) is 2.91. The van der Waals surface area contributed by atoms with E-state index < -0.39 is 5.54 Å². The number of nitrogens with two attached hydrogens (primary N) is 1. The summed E-state index contributed by atoms with van der Waals surface area (Å²) in [6.45, 7) is 3.06. The zero-order chi connectivity index (χ0) is 10.9. The Morgan fingerprint density at radius 1 is 1.27 bits per heavy atom. The van der Waals surface area contributed by atoms with E-state index >= 15 is 0 Å². The van der Waals surface area contributed by atoms with Crippen molar-refractivity contribution in [1.29, 1.82) is 0 Å². The lowest BCUT2D eigenvalue weighted by Crippen LogP contribution is -2.56. The topological polar surface area (TPSA) is 46.3 Å². The van der Waals surface area contributed by atoms with Gasteiger partial charge in [0.05, 0.1) is 5.54 Å². The molecule has 1 unspecified atom stereocenters. The lowest BCUT2D eigenvalue weighted by Gasteiger charge is -2.38.